The van der Waals surface area contributed by atoms with E-state index in [1.807, 2.05) is 36.5 Å². The normalized spacial score (nSPS) is 22.2. The second-order valence-electron chi connectivity index (χ2n) is 7.54. The summed E-state index contributed by atoms with van der Waals surface area (Å²) in [4.78, 5) is 8.15. The molecule has 3 heterocycles. The summed E-state index contributed by atoms with van der Waals surface area (Å²) in [5.74, 6) is 0.943. The highest BCUT2D eigenvalue weighted by molar-refractivity contribution is 7.99. The SMILES string of the molecule is S=C1N[C@@H](c2ccccn2)[C@@H](c2ccc(Sc3ccccc3)o2)N1C1CCCC1. The summed E-state index contributed by atoms with van der Waals surface area (Å²) in [6.07, 6.45) is 6.73. The summed E-state index contributed by atoms with van der Waals surface area (Å²) in [6.45, 7) is 0. The van der Waals surface area contributed by atoms with Crippen LogP contribution >= 0.6 is 24.0 Å². The molecule has 5 rings (SSSR count). The molecule has 3 aromatic rings. The van der Waals surface area contributed by atoms with Gasteiger partial charge in [0, 0.05) is 17.1 Å². The van der Waals surface area contributed by atoms with Crippen molar-refractivity contribution in [1.29, 1.82) is 0 Å². The van der Waals surface area contributed by atoms with Crippen molar-refractivity contribution in [3.8, 4) is 0 Å². The highest BCUT2D eigenvalue weighted by atomic mass is 32.2. The molecule has 2 atom stereocenters. The Morgan fingerprint density at radius 3 is 2.55 bits per heavy atom. The van der Waals surface area contributed by atoms with Crippen molar-refractivity contribution < 1.29 is 4.42 Å². The van der Waals surface area contributed by atoms with Crippen LogP contribution in [0.1, 0.15) is 49.2 Å². The monoisotopic (exact) mass is 421 g/mol. The van der Waals surface area contributed by atoms with Crippen LogP contribution in [0.2, 0.25) is 0 Å². The predicted molar refractivity (Wildman–Crippen MR) is 119 cm³/mol. The lowest BCUT2D eigenvalue weighted by Crippen LogP contribution is -2.37. The van der Waals surface area contributed by atoms with Crippen LogP contribution in [0.15, 0.2) is 81.3 Å². The van der Waals surface area contributed by atoms with Gasteiger partial charge in [-0.2, -0.15) is 0 Å². The Morgan fingerprint density at radius 2 is 1.79 bits per heavy atom. The van der Waals surface area contributed by atoms with Gasteiger partial charge in [0.05, 0.1) is 11.7 Å². The van der Waals surface area contributed by atoms with Crippen LogP contribution in [0, 0.1) is 0 Å². The minimum Gasteiger partial charge on any atom is -0.452 e. The average Bonchev–Trinajstić information content (AvgIpc) is 3.49. The quantitative estimate of drug-likeness (QED) is 0.530. The molecular formula is C23H23N3OS2. The fraction of sp³-hybridized carbons (Fsp3) is 0.304. The molecule has 2 aromatic heterocycles. The van der Waals surface area contributed by atoms with Gasteiger partial charge in [-0.1, -0.05) is 48.9 Å². The third-order valence-corrected chi connectivity index (χ3v) is 6.97. The second-order valence-corrected chi connectivity index (χ2v) is 9.01. The average molecular weight is 422 g/mol. The molecule has 148 valence electrons. The van der Waals surface area contributed by atoms with Gasteiger partial charge in [-0.3, -0.25) is 4.98 Å². The molecule has 1 saturated heterocycles. The maximum Gasteiger partial charge on any atom is 0.170 e. The topological polar surface area (TPSA) is 41.3 Å². The Bertz CT molecular complexity index is 970. The van der Waals surface area contributed by atoms with E-state index in [-0.39, 0.29) is 12.1 Å². The van der Waals surface area contributed by atoms with Crippen LogP contribution in [0.3, 0.4) is 0 Å². The zero-order valence-corrected chi connectivity index (χ0v) is 17.7. The van der Waals surface area contributed by atoms with Gasteiger partial charge in [0.25, 0.3) is 0 Å². The molecule has 2 fully saturated rings. The van der Waals surface area contributed by atoms with E-state index in [1.165, 1.54) is 30.6 Å². The van der Waals surface area contributed by atoms with Gasteiger partial charge >= 0.3 is 0 Å². The molecular weight excluding hydrogens is 398 g/mol. The number of benzene rings is 1. The van der Waals surface area contributed by atoms with Crippen molar-refractivity contribution in [3.63, 3.8) is 0 Å². The van der Waals surface area contributed by atoms with Crippen LogP contribution in [-0.2, 0) is 0 Å². The van der Waals surface area contributed by atoms with Crippen LogP contribution in [0.25, 0.3) is 0 Å². The zero-order valence-electron chi connectivity index (χ0n) is 16.0. The minimum atomic E-state index is -0.00924. The van der Waals surface area contributed by atoms with Crippen LogP contribution < -0.4 is 5.32 Å². The van der Waals surface area contributed by atoms with Crippen LogP contribution in [-0.4, -0.2) is 21.0 Å². The van der Waals surface area contributed by atoms with Crippen LogP contribution in [0.4, 0.5) is 0 Å². The van der Waals surface area contributed by atoms with Gasteiger partial charge in [0.15, 0.2) is 10.2 Å². The van der Waals surface area contributed by atoms with Crippen molar-refractivity contribution in [2.24, 2.45) is 0 Å². The molecule has 0 amide bonds. The molecule has 4 nitrogen and oxygen atoms in total. The molecule has 29 heavy (non-hydrogen) atoms. The number of rotatable bonds is 5. The zero-order chi connectivity index (χ0) is 19.6. The third kappa shape index (κ3) is 3.79. The summed E-state index contributed by atoms with van der Waals surface area (Å²) in [6, 6.07) is 21.0. The second kappa shape index (κ2) is 8.20. The largest absolute Gasteiger partial charge is 0.452 e. The smallest absolute Gasteiger partial charge is 0.170 e. The predicted octanol–water partition coefficient (Wildman–Crippen LogP) is 5.74. The van der Waals surface area contributed by atoms with E-state index in [4.69, 9.17) is 16.6 Å². The summed E-state index contributed by atoms with van der Waals surface area (Å²) in [5, 5.41) is 5.24. The molecule has 1 aromatic carbocycles. The Labute approximate surface area is 180 Å². The molecule has 2 aliphatic rings. The number of aromatic nitrogens is 1. The standard InChI is InChI=1S/C23H23N3OS2/c28-23-25-21(18-12-6-7-15-24-18)22(26(23)16-8-4-5-9-16)19-13-14-20(27-19)29-17-10-2-1-3-11-17/h1-3,6-7,10-16,21-22H,4-5,8-9H2,(H,25,28)/t21-,22+/m0/s1. The van der Waals surface area contributed by atoms with Crippen LogP contribution in [0.5, 0.6) is 0 Å². The molecule has 1 N–H and O–H groups in total. The number of hydrogen-bond acceptors (Lipinski definition) is 4. The Kier molecular flexibility index (Phi) is 5.29. The molecule has 1 saturated carbocycles. The Morgan fingerprint density at radius 1 is 1.00 bits per heavy atom. The maximum absolute atomic E-state index is 6.36. The number of nitrogens with zero attached hydrogens (tertiary/aromatic N) is 2. The first-order valence-corrected chi connectivity index (χ1v) is 11.3. The Balaban J connectivity index is 1.48. The minimum absolute atomic E-state index is 0.00924. The van der Waals surface area contributed by atoms with E-state index in [9.17, 15) is 0 Å². The molecule has 1 aliphatic carbocycles. The van der Waals surface area contributed by atoms with E-state index >= 15 is 0 Å². The van der Waals surface area contributed by atoms with Crippen molar-refractivity contribution in [3.05, 3.63) is 78.3 Å². The van der Waals surface area contributed by atoms with Gasteiger partial charge in [-0.25, -0.2) is 0 Å². The summed E-state index contributed by atoms with van der Waals surface area (Å²) >= 11 is 7.43. The van der Waals surface area contributed by atoms with Crippen molar-refractivity contribution in [2.45, 2.75) is 53.8 Å². The van der Waals surface area contributed by atoms with Gasteiger partial charge in [0.1, 0.15) is 11.8 Å². The van der Waals surface area contributed by atoms with Crippen molar-refractivity contribution in [2.75, 3.05) is 0 Å². The van der Waals surface area contributed by atoms with Gasteiger partial charge in [-0.15, -0.1) is 0 Å². The highest BCUT2D eigenvalue weighted by Crippen LogP contribution is 2.44. The van der Waals surface area contributed by atoms with Gasteiger partial charge in [0.2, 0.25) is 0 Å². The molecule has 0 unspecified atom stereocenters. The van der Waals surface area contributed by atoms with E-state index in [1.54, 1.807) is 11.8 Å². The molecule has 6 heteroatoms. The van der Waals surface area contributed by atoms with Crippen molar-refractivity contribution in [1.82, 2.24) is 15.2 Å². The van der Waals surface area contributed by atoms with E-state index in [2.05, 4.69) is 45.5 Å². The maximum atomic E-state index is 6.36. The van der Waals surface area contributed by atoms with E-state index in [0.717, 1.165) is 21.7 Å². The van der Waals surface area contributed by atoms with E-state index < -0.39 is 0 Å². The number of furan rings is 1. The summed E-state index contributed by atoms with van der Waals surface area (Å²) < 4.78 is 6.36. The lowest BCUT2D eigenvalue weighted by Gasteiger charge is -2.31. The third-order valence-electron chi connectivity index (χ3n) is 5.71. The molecule has 0 bridgehead atoms. The summed E-state index contributed by atoms with van der Waals surface area (Å²) in [5.41, 5.74) is 0.994. The number of pyridine rings is 1. The fourth-order valence-corrected chi connectivity index (χ4v) is 5.59. The van der Waals surface area contributed by atoms with Gasteiger partial charge < -0.3 is 14.6 Å². The van der Waals surface area contributed by atoms with Crippen molar-refractivity contribution >= 4 is 29.1 Å². The first-order chi connectivity index (χ1) is 14.3. The number of thiocarbonyl (C=S) groups is 1. The number of hydrogen-bond donors (Lipinski definition) is 1. The molecule has 1 aliphatic heterocycles. The first-order valence-electron chi connectivity index (χ1n) is 10.1. The lowest BCUT2D eigenvalue weighted by molar-refractivity contribution is 0.210. The molecule has 0 radical (unpaired) electrons. The first kappa shape index (κ1) is 18.7. The Hall–Kier alpha value is -2.31. The van der Waals surface area contributed by atoms with E-state index in [0.29, 0.717) is 6.04 Å². The van der Waals surface area contributed by atoms with Gasteiger partial charge in [-0.05, 0) is 61.5 Å². The lowest BCUT2D eigenvalue weighted by atomic mass is 10.0. The molecule has 0 spiro atoms. The number of nitrogens with one attached hydrogen (secondary N) is 1. The fourth-order valence-electron chi connectivity index (χ4n) is 4.40. The highest BCUT2D eigenvalue weighted by Gasteiger charge is 2.45. The summed E-state index contributed by atoms with van der Waals surface area (Å²) in [7, 11) is 0.